The lowest BCUT2D eigenvalue weighted by molar-refractivity contribution is -0.161. The molecule has 0 saturated carbocycles. The summed E-state index contributed by atoms with van der Waals surface area (Å²) >= 11 is -3.08. The van der Waals surface area contributed by atoms with E-state index in [-0.39, 0.29) is 6.42 Å². The standard InChI is InChI=1S/C15H16F2N4O6S/c1-7-5-10(22)21(7)12(14(24)25)15(2,28(26)27)6-18-20-13(23)11-8(16)3-4-9(17)19-11/h3-4,6-7,12H,5H2,1-2H3,(H,20,23)(H,24,25)(H,26,27)/p-1/b18-6+/t7-,12+,15+/m1/s1. The number of hydrogen-bond donors (Lipinski definition) is 2. The number of hydrogen-bond acceptors (Lipinski definition) is 7. The molecule has 0 radical (unpaired) electrons. The molecule has 28 heavy (non-hydrogen) atoms. The summed E-state index contributed by atoms with van der Waals surface area (Å²) in [5, 5.41) is 12.8. The Morgan fingerprint density at radius 3 is 2.68 bits per heavy atom. The molecule has 0 spiro atoms. The molecule has 1 unspecified atom stereocenters. The van der Waals surface area contributed by atoms with Crippen LogP contribution in [0.1, 0.15) is 30.8 Å². The van der Waals surface area contributed by atoms with Gasteiger partial charge >= 0.3 is 5.97 Å². The van der Waals surface area contributed by atoms with Crippen LogP contribution in [-0.4, -0.2) is 64.6 Å². The second-order valence-corrected chi connectivity index (χ2v) is 7.53. The third kappa shape index (κ3) is 4.04. The second-order valence-electron chi connectivity index (χ2n) is 6.18. The van der Waals surface area contributed by atoms with Crippen molar-refractivity contribution in [2.45, 2.75) is 37.1 Å². The summed E-state index contributed by atoms with van der Waals surface area (Å²) in [5.41, 5.74) is 0.833. The van der Waals surface area contributed by atoms with E-state index in [1.54, 1.807) is 12.3 Å². The van der Waals surface area contributed by atoms with Crippen LogP contribution >= 0.6 is 0 Å². The number of carboxylic acids is 1. The van der Waals surface area contributed by atoms with Gasteiger partial charge in [0.15, 0.2) is 17.6 Å². The molecular weight excluding hydrogens is 402 g/mol. The van der Waals surface area contributed by atoms with Gasteiger partial charge in [0.25, 0.3) is 5.91 Å². The number of nitrogens with one attached hydrogen (secondary N) is 1. The van der Waals surface area contributed by atoms with Gasteiger partial charge in [0, 0.05) is 18.7 Å². The van der Waals surface area contributed by atoms with E-state index in [1.807, 2.05) is 0 Å². The maximum atomic E-state index is 13.5. The van der Waals surface area contributed by atoms with Crippen LogP contribution < -0.4 is 5.43 Å². The molecule has 10 nitrogen and oxygen atoms in total. The lowest BCUT2D eigenvalue weighted by Gasteiger charge is -2.48. The van der Waals surface area contributed by atoms with Crippen molar-refractivity contribution < 1.29 is 37.0 Å². The summed E-state index contributed by atoms with van der Waals surface area (Å²) in [7, 11) is 0. The Morgan fingerprint density at radius 1 is 1.54 bits per heavy atom. The average molecular weight is 417 g/mol. The van der Waals surface area contributed by atoms with E-state index in [0.717, 1.165) is 11.8 Å². The van der Waals surface area contributed by atoms with Crippen LogP contribution in [0.25, 0.3) is 0 Å². The second kappa shape index (κ2) is 8.06. The van der Waals surface area contributed by atoms with Crippen LogP contribution in [0.15, 0.2) is 17.2 Å². The van der Waals surface area contributed by atoms with Crippen LogP contribution in [0.3, 0.4) is 0 Å². The molecule has 0 aromatic carbocycles. The van der Waals surface area contributed by atoms with Crippen LogP contribution in [0.2, 0.25) is 0 Å². The number of carbonyl (C=O) groups is 3. The Morgan fingerprint density at radius 2 is 2.18 bits per heavy atom. The van der Waals surface area contributed by atoms with Crippen molar-refractivity contribution in [3.05, 3.63) is 29.6 Å². The highest BCUT2D eigenvalue weighted by atomic mass is 32.2. The van der Waals surface area contributed by atoms with Gasteiger partial charge in [0.2, 0.25) is 11.9 Å². The SMILES string of the molecule is C[C@@H]1CC(=O)N1[C@@H](C(=O)O)[C@](C)(/C=N/NC(=O)c1nc(F)ccc1F)S(=O)[O-]. The molecule has 1 aromatic rings. The van der Waals surface area contributed by atoms with E-state index >= 15 is 0 Å². The van der Waals surface area contributed by atoms with Gasteiger partial charge in [0.05, 0.1) is 4.75 Å². The summed E-state index contributed by atoms with van der Waals surface area (Å²) < 4.78 is 47.8. The van der Waals surface area contributed by atoms with Crippen LogP contribution in [-0.2, 0) is 20.7 Å². The summed E-state index contributed by atoms with van der Waals surface area (Å²) in [6, 6.07) is -0.970. The Kier molecular flexibility index (Phi) is 6.19. The number of halogens is 2. The molecule has 1 fully saturated rings. The molecule has 152 valence electrons. The molecule has 1 saturated heterocycles. The number of β-lactam (4-membered cyclic amide) rings is 1. The van der Waals surface area contributed by atoms with Gasteiger partial charge in [-0.25, -0.2) is 19.6 Å². The first-order valence-corrected chi connectivity index (χ1v) is 8.86. The lowest BCUT2D eigenvalue weighted by Crippen LogP contribution is -2.67. The number of pyridine rings is 1. The monoisotopic (exact) mass is 417 g/mol. The maximum Gasteiger partial charge on any atom is 0.328 e. The zero-order valence-corrected chi connectivity index (χ0v) is 15.4. The largest absolute Gasteiger partial charge is 0.772 e. The van der Waals surface area contributed by atoms with Gasteiger partial charge < -0.3 is 14.6 Å². The first kappa shape index (κ1) is 21.5. The lowest BCUT2D eigenvalue weighted by atomic mass is 9.92. The molecule has 13 heteroatoms. The number of hydrazone groups is 1. The first-order valence-electron chi connectivity index (χ1n) is 7.79. The Bertz CT molecular complexity index is 882. The molecule has 2 amide bonds. The van der Waals surface area contributed by atoms with E-state index in [4.69, 9.17) is 0 Å². The van der Waals surface area contributed by atoms with Crippen LogP contribution in [0.5, 0.6) is 0 Å². The van der Waals surface area contributed by atoms with E-state index in [2.05, 4.69) is 10.1 Å². The molecule has 1 aliphatic rings. The van der Waals surface area contributed by atoms with Gasteiger partial charge in [-0.05, 0) is 37.1 Å². The highest BCUT2D eigenvalue weighted by molar-refractivity contribution is 7.81. The Labute approximate surface area is 159 Å². The third-order valence-corrected chi connectivity index (χ3v) is 5.21. The number of likely N-dealkylation sites (tertiary alicyclic amines) is 1. The van der Waals surface area contributed by atoms with E-state index in [0.29, 0.717) is 18.3 Å². The topological polar surface area (TPSA) is 152 Å². The molecule has 2 heterocycles. The number of aliphatic carboxylic acids is 1. The van der Waals surface area contributed by atoms with Gasteiger partial charge in [-0.3, -0.25) is 13.8 Å². The first-order chi connectivity index (χ1) is 13.0. The summed E-state index contributed by atoms with van der Waals surface area (Å²) in [6.45, 7) is 2.53. The molecular formula is C15H15F2N4O6S-. The quantitative estimate of drug-likeness (QED) is 0.205. The number of nitrogens with zero attached hydrogens (tertiary/aromatic N) is 3. The number of carboxylic acid groups (broad SMARTS) is 1. The molecule has 2 rings (SSSR count). The van der Waals surface area contributed by atoms with Crippen molar-refractivity contribution in [1.82, 2.24) is 15.3 Å². The summed E-state index contributed by atoms with van der Waals surface area (Å²) in [5.74, 6) is -5.71. The van der Waals surface area contributed by atoms with E-state index < -0.39 is 63.2 Å². The predicted octanol–water partition coefficient (Wildman–Crippen LogP) is -0.213. The molecule has 2 N–H and O–H groups in total. The highest BCUT2D eigenvalue weighted by Gasteiger charge is 2.51. The molecule has 1 aromatic heterocycles. The minimum absolute atomic E-state index is 0.0593. The number of carbonyl (C=O) groups excluding carboxylic acids is 2. The Balaban J connectivity index is 2.28. The van der Waals surface area contributed by atoms with E-state index in [1.165, 1.54) is 0 Å². The van der Waals surface area contributed by atoms with Crippen LogP contribution in [0, 0.1) is 11.8 Å². The van der Waals surface area contributed by atoms with Gasteiger partial charge in [0.1, 0.15) is 0 Å². The zero-order valence-electron chi connectivity index (χ0n) is 14.6. The Hall–Kier alpha value is -2.80. The van der Waals surface area contributed by atoms with Crippen molar-refractivity contribution in [2.24, 2.45) is 5.10 Å². The smallest absolute Gasteiger partial charge is 0.328 e. The predicted molar refractivity (Wildman–Crippen MR) is 89.8 cm³/mol. The van der Waals surface area contributed by atoms with E-state index in [9.17, 15) is 37.0 Å². The van der Waals surface area contributed by atoms with Crippen molar-refractivity contribution in [2.75, 3.05) is 0 Å². The fourth-order valence-corrected chi connectivity index (χ4v) is 3.22. The zero-order chi connectivity index (χ0) is 21.2. The molecule has 0 bridgehead atoms. The maximum absolute atomic E-state index is 13.5. The minimum atomic E-state index is -3.08. The van der Waals surface area contributed by atoms with Crippen molar-refractivity contribution in [3.8, 4) is 0 Å². The molecule has 0 aliphatic carbocycles. The number of rotatable bonds is 7. The fourth-order valence-electron chi connectivity index (χ4n) is 2.68. The van der Waals surface area contributed by atoms with Crippen molar-refractivity contribution in [3.63, 3.8) is 0 Å². The van der Waals surface area contributed by atoms with Gasteiger partial charge in [-0.2, -0.15) is 9.49 Å². The van der Waals surface area contributed by atoms with Gasteiger partial charge in [-0.1, -0.05) is 0 Å². The normalized spacial score (nSPS) is 21.0. The summed E-state index contributed by atoms with van der Waals surface area (Å²) in [4.78, 5) is 39.2. The molecule has 1 aliphatic heterocycles. The highest BCUT2D eigenvalue weighted by Crippen LogP contribution is 2.30. The van der Waals surface area contributed by atoms with Crippen LogP contribution in [0.4, 0.5) is 8.78 Å². The van der Waals surface area contributed by atoms with Gasteiger partial charge in [-0.15, -0.1) is 0 Å². The summed E-state index contributed by atoms with van der Waals surface area (Å²) in [6.07, 6.45) is 0.659. The number of amides is 2. The average Bonchev–Trinajstić information content (AvgIpc) is 2.60. The molecule has 4 atom stereocenters. The third-order valence-electron chi connectivity index (χ3n) is 4.16. The number of aromatic nitrogens is 1. The van der Waals surface area contributed by atoms with Crippen molar-refractivity contribution in [1.29, 1.82) is 0 Å². The fraction of sp³-hybridized carbons (Fsp3) is 0.400. The van der Waals surface area contributed by atoms with Crippen molar-refractivity contribution >= 4 is 35.1 Å². The minimum Gasteiger partial charge on any atom is -0.772 e.